The lowest BCUT2D eigenvalue weighted by molar-refractivity contribution is 0.197. The van der Waals surface area contributed by atoms with Crippen LogP contribution in [0.3, 0.4) is 0 Å². The van der Waals surface area contributed by atoms with Crippen LogP contribution in [0.5, 0.6) is 0 Å². The second kappa shape index (κ2) is 5.29. The number of hydrogen-bond acceptors (Lipinski definition) is 3. The van der Waals surface area contributed by atoms with Gasteiger partial charge in [-0.2, -0.15) is 0 Å². The van der Waals surface area contributed by atoms with Crippen molar-refractivity contribution in [1.29, 1.82) is 5.41 Å². The average Bonchev–Trinajstić information content (AvgIpc) is 2.64. The van der Waals surface area contributed by atoms with Gasteiger partial charge in [0.05, 0.1) is 5.84 Å². The van der Waals surface area contributed by atoms with Crippen molar-refractivity contribution < 1.29 is 0 Å². The molecule has 16 heavy (non-hydrogen) atoms. The van der Waals surface area contributed by atoms with Crippen molar-refractivity contribution in [3.8, 4) is 0 Å². The summed E-state index contributed by atoms with van der Waals surface area (Å²) in [5.74, 6) is 0.606. The molecule has 0 bridgehead atoms. The van der Waals surface area contributed by atoms with Crippen molar-refractivity contribution in [3.63, 3.8) is 0 Å². The molecule has 2 heterocycles. The van der Waals surface area contributed by atoms with Gasteiger partial charge in [0.2, 0.25) is 0 Å². The zero-order chi connectivity index (χ0) is 11.5. The van der Waals surface area contributed by atoms with Crippen molar-refractivity contribution in [2.45, 2.75) is 19.4 Å². The summed E-state index contributed by atoms with van der Waals surface area (Å²) in [6, 6.07) is 2.17. The number of hydrogen-bond donors (Lipinski definition) is 2. The molecule has 0 amide bonds. The average molecular weight is 302 g/mol. The fourth-order valence-corrected chi connectivity index (χ4v) is 3.60. The molecular weight excluding hydrogens is 286 g/mol. The van der Waals surface area contributed by atoms with Gasteiger partial charge in [-0.25, -0.2) is 0 Å². The van der Waals surface area contributed by atoms with E-state index in [1.54, 1.807) is 11.3 Å². The smallest absolute Gasteiger partial charge is 0.0949 e. The molecule has 1 saturated heterocycles. The maximum absolute atomic E-state index is 7.51. The number of likely N-dealkylation sites (tertiary alicyclic amines) is 1. The van der Waals surface area contributed by atoms with Crippen molar-refractivity contribution in [1.82, 2.24) is 4.90 Å². The molecule has 0 saturated carbocycles. The molecule has 1 fully saturated rings. The summed E-state index contributed by atoms with van der Waals surface area (Å²) >= 11 is 5.25. The molecule has 1 aromatic rings. The van der Waals surface area contributed by atoms with Crippen LogP contribution in [-0.2, 0) is 6.54 Å². The largest absolute Gasteiger partial charge is 0.387 e. The van der Waals surface area contributed by atoms with E-state index in [2.05, 4.69) is 32.3 Å². The van der Waals surface area contributed by atoms with Gasteiger partial charge in [0.15, 0.2) is 0 Å². The van der Waals surface area contributed by atoms with E-state index in [-0.39, 0.29) is 5.92 Å². The fraction of sp³-hybridized carbons (Fsp3) is 0.545. The van der Waals surface area contributed by atoms with E-state index in [4.69, 9.17) is 11.1 Å². The van der Waals surface area contributed by atoms with Crippen molar-refractivity contribution in [3.05, 3.63) is 20.8 Å². The molecule has 5 heteroatoms. The number of amidine groups is 1. The van der Waals surface area contributed by atoms with Gasteiger partial charge in [0.25, 0.3) is 0 Å². The van der Waals surface area contributed by atoms with E-state index in [0.717, 1.165) is 36.9 Å². The molecule has 1 aromatic heterocycles. The zero-order valence-electron chi connectivity index (χ0n) is 9.08. The van der Waals surface area contributed by atoms with E-state index in [1.165, 1.54) is 4.88 Å². The zero-order valence-corrected chi connectivity index (χ0v) is 11.5. The second-order valence-corrected chi connectivity index (χ2v) is 6.17. The predicted octanol–water partition coefficient (Wildman–Crippen LogP) is 2.66. The number of nitrogens with two attached hydrogens (primary N) is 1. The first-order valence-electron chi connectivity index (χ1n) is 5.44. The van der Waals surface area contributed by atoms with Gasteiger partial charge < -0.3 is 5.73 Å². The van der Waals surface area contributed by atoms with Crippen LogP contribution < -0.4 is 5.73 Å². The van der Waals surface area contributed by atoms with Crippen LogP contribution >= 0.6 is 27.3 Å². The van der Waals surface area contributed by atoms with E-state index in [9.17, 15) is 0 Å². The maximum atomic E-state index is 7.51. The van der Waals surface area contributed by atoms with Gasteiger partial charge in [-0.3, -0.25) is 10.3 Å². The third kappa shape index (κ3) is 3.06. The van der Waals surface area contributed by atoms with Gasteiger partial charge in [-0.15, -0.1) is 11.3 Å². The minimum absolute atomic E-state index is 0.261. The van der Waals surface area contributed by atoms with Gasteiger partial charge in [-0.05, 0) is 41.4 Å². The van der Waals surface area contributed by atoms with E-state index in [0.29, 0.717) is 5.84 Å². The molecule has 88 valence electrons. The van der Waals surface area contributed by atoms with Crippen LogP contribution in [0.4, 0.5) is 0 Å². The first-order valence-corrected chi connectivity index (χ1v) is 7.11. The standard InChI is InChI=1S/C11H16BrN3S/c12-9-4-10(16-7-9)6-15-3-1-2-8(5-15)11(13)14/h4,7-8H,1-3,5-6H2,(H3,13,14). The van der Waals surface area contributed by atoms with E-state index < -0.39 is 0 Å². The minimum Gasteiger partial charge on any atom is -0.387 e. The minimum atomic E-state index is 0.261. The molecule has 3 nitrogen and oxygen atoms in total. The normalized spacial score (nSPS) is 22.2. The first kappa shape index (κ1) is 12.1. The lowest BCUT2D eigenvalue weighted by atomic mass is 9.97. The Morgan fingerprint density at radius 3 is 3.12 bits per heavy atom. The Morgan fingerprint density at radius 2 is 2.50 bits per heavy atom. The molecule has 1 unspecified atom stereocenters. The summed E-state index contributed by atoms with van der Waals surface area (Å²) in [6.45, 7) is 3.05. The summed E-state index contributed by atoms with van der Waals surface area (Å²) in [6.07, 6.45) is 2.22. The number of rotatable bonds is 3. The molecule has 0 aliphatic carbocycles. The van der Waals surface area contributed by atoms with Gasteiger partial charge in [0.1, 0.15) is 0 Å². The Hall–Kier alpha value is -0.390. The number of nitrogens with zero attached hydrogens (tertiary/aromatic N) is 1. The number of halogens is 1. The molecule has 0 aromatic carbocycles. The summed E-state index contributed by atoms with van der Waals surface area (Å²) in [4.78, 5) is 3.77. The summed E-state index contributed by atoms with van der Waals surface area (Å²) in [7, 11) is 0. The van der Waals surface area contributed by atoms with Crippen LogP contribution in [0.1, 0.15) is 17.7 Å². The lowest BCUT2D eigenvalue weighted by Crippen LogP contribution is -2.40. The number of thiophene rings is 1. The first-order chi connectivity index (χ1) is 7.65. The van der Waals surface area contributed by atoms with Gasteiger partial charge >= 0.3 is 0 Å². The molecule has 1 aliphatic rings. The molecule has 0 radical (unpaired) electrons. The molecule has 1 atom stereocenters. The summed E-state index contributed by atoms with van der Waals surface area (Å²) in [5, 5.41) is 9.62. The Bertz CT molecular complexity index is 377. The Balaban J connectivity index is 1.92. The van der Waals surface area contributed by atoms with Crippen LogP contribution in [0, 0.1) is 11.3 Å². The summed E-state index contributed by atoms with van der Waals surface area (Å²) < 4.78 is 1.16. The van der Waals surface area contributed by atoms with Gasteiger partial charge in [-0.1, -0.05) is 0 Å². The quantitative estimate of drug-likeness (QED) is 0.666. The second-order valence-electron chi connectivity index (χ2n) is 4.26. The monoisotopic (exact) mass is 301 g/mol. The molecule has 1 aliphatic heterocycles. The predicted molar refractivity (Wildman–Crippen MR) is 71.9 cm³/mol. The van der Waals surface area contributed by atoms with Crippen molar-refractivity contribution in [2.24, 2.45) is 11.7 Å². The number of piperidine rings is 1. The third-order valence-electron chi connectivity index (χ3n) is 2.95. The summed E-state index contributed by atoms with van der Waals surface area (Å²) in [5.41, 5.74) is 5.58. The Labute approximate surface area is 108 Å². The van der Waals surface area contributed by atoms with Crippen molar-refractivity contribution >= 4 is 33.1 Å². The number of nitrogens with one attached hydrogen (secondary N) is 1. The lowest BCUT2D eigenvalue weighted by Gasteiger charge is -2.31. The Kier molecular flexibility index (Phi) is 4.00. The van der Waals surface area contributed by atoms with Gasteiger partial charge in [0, 0.05) is 33.7 Å². The van der Waals surface area contributed by atoms with Crippen LogP contribution in [0.25, 0.3) is 0 Å². The SMILES string of the molecule is N=C(N)C1CCCN(Cc2cc(Br)cs2)C1. The molecule has 3 N–H and O–H groups in total. The highest BCUT2D eigenvalue weighted by Gasteiger charge is 2.22. The van der Waals surface area contributed by atoms with Crippen LogP contribution in [-0.4, -0.2) is 23.8 Å². The highest BCUT2D eigenvalue weighted by atomic mass is 79.9. The van der Waals surface area contributed by atoms with Crippen LogP contribution in [0.15, 0.2) is 15.9 Å². The molecule has 0 spiro atoms. The third-order valence-corrected chi connectivity index (χ3v) is 4.63. The van der Waals surface area contributed by atoms with E-state index in [1.807, 2.05) is 0 Å². The highest BCUT2D eigenvalue weighted by molar-refractivity contribution is 9.10. The van der Waals surface area contributed by atoms with Crippen molar-refractivity contribution in [2.75, 3.05) is 13.1 Å². The van der Waals surface area contributed by atoms with Crippen LogP contribution in [0.2, 0.25) is 0 Å². The van der Waals surface area contributed by atoms with E-state index >= 15 is 0 Å². The topological polar surface area (TPSA) is 53.1 Å². The highest BCUT2D eigenvalue weighted by Crippen LogP contribution is 2.24. The molecular formula is C11H16BrN3S. The maximum Gasteiger partial charge on any atom is 0.0949 e. The fourth-order valence-electron chi connectivity index (χ4n) is 2.11. The Morgan fingerprint density at radius 1 is 1.69 bits per heavy atom. The molecule has 2 rings (SSSR count).